The van der Waals surface area contributed by atoms with E-state index in [2.05, 4.69) is 5.32 Å². The molecular formula is C20H26N2O4S. The fourth-order valence-electron chi connectivity index (χ4n) is 2.63. The van der Waals surface area contributed by atoms with Crippen molar-refractivity contribution in [1.29, 1.82) is 0 Å². The summed E-state index contributed by atoms with van der Waals surface area (Å²) < 4.78 is 31.2. The summed E-state index contributed by atoms with van der Waals surface area (Å²) in [5, 5.41) is 2.73. The zero-order chi connectivity index (χ0) is 20.0. The van der Waals surface area contributed by atoms with Crippen molar-refractivity contribution in [2.45, 2.75) is 26.8 Å². The van der Waals surface area contributed by atoms with Gasteiger partial charge in [-0.05, 0) is 45.0 Å². The maximum atomic E-state index is 12.5. The van der Waals surface area contributed by atoms with Crippen molar-refractivity contribution in [2.24, 2.45) is 0 Å². The van der Waals surface area contributed by atoms with E-state index in [1.165, 1.54) is 0 Å². The summed E-state index contributed by atoms with van der Waals surface area (Å²) in [7, 11) is -3.61. The van der Waals surface area contributed by atoms with Crippen LogP contribution in [0.4, 0.5) is 5.69 Å². The van der Waals surface area contributed by atoms with Gasteiger partial charge in [0.15, 0.2) is 0 Å². The maximum Gasteiger partial charge on any atom is 0.243 e. The van der Waals surface area contributed by atoms with Crippen molar-refractivity contribution < 1.29 is 17.9 Å². The molecule has 0 aromatic heterocycles. The van der Waals surface area contributed by atoms with Crippen LogP contribution in [0.15, 0.2) is 48.5 Å². The lowest BCUT2D eigenvalue weighted by atomic mass is 10.2. The molecule has 2 aromatic rings. The van der Waals surface area contributed by atoms with Crippen LogP contribution in [0.5, 0.6) is 5.75 Å². The van der Waals surface area contributed by atoms with Crippen LogP contribution in [-0.2, 0) is 14.8 Å². The van der Waals surface area contributed by atoms with Crippen molar-refractivity contribution in [3.63, 3.8) is 0 Å². The van der Waals surface area contributed by atoms with Crippen molar-refractivity contribution in [2.75, 3.05) is 23.7 Å². The van der Waals surface area contributed by atoms with E-state index in [9.17, 15) is 13.2 Å². The third-order valence-corrected chi connectivity index (χ3v) is 5.31. The van der Waals surface area contributed by atoms with Gasteiger partial charge in [0.25, 0.3) is 0 Å². The summed E-state index contributed by atoms with van der Waals surface area (Å²) in [4.78, 5) is 12.5. The Hall–Kier alpha value is -2.54. The predicted molar refractivity (Wildman–Crippen MR) is 108 cm³/mol. The molecule has 6 nitrogen and oxygen atoms in total. The summed E-state index contributed by atoms with van der Waals surface area (Å²) >= 11 is 0. The molecule has 0 spiro atoms. The van der Waals surface area contributed by atoms with E-state index in [4.69, 9.17) is 4.74 Å². The summed E-state index contributed by atoms with van der Waals surface area (Å²) in [6.07, 6.45) is 1.09. The topological polar surface area (TPSA) is 75.7 Å². The van der Waals surface area contributed by atoms with E-state index in [-0.39, 0.29) is 12.5 Å². The van der Waals surface area contributed by atoms with Gasteiger partial charge in [0, 0.05) is 0 Å². The van der Waals surface area contributed by atoms with Crippen LogP contribution in [0.25, 0.3) is 0 Å². The summed E-state index contributed by atoms with van der Waals surface area (Å²) in [5.41, 5.74) is 2.61. The van der Waals surface area contributed by atoms with Crippen LogP contribution in [0, 0.1) is 13.8 Å². The number of ether oxygens (including phenoxy) is 1. The van der Waals surface area contributed by atoms with E-state index in [0.29, 0.717) is 12.3 Å². The van der Waals surface area contributed by atoms with Crippen LogP contribution in [0.2, 0.25) is 0 Å². The largest absolute Gasteiger partial charge is 0.492 e. The number of rotatable bonds is 8. The Morgan fingerprint density at radius 3 is 2.07 bits per heavy atom. The van der Waals surface area contributed by atoms with Crippen molar-refractivity contribution in [1.82, 2.24) is 5.32 Å². The van der Waals surface area contributed by atoms with Crippen LogP contribution in [0.3, 0.4) is 0 Å². The number of nitrogens with one attached hydrogen (secondary N) is 1. The highest BCUT2D eigenvalue weighted by molar-refractivity contribution is 7.92. The number of benzene rings is 2. The lowest BCUT2D eigenvalue weighted by Gasteiger charge is -2.28. The molecule has 0 bridgehead atoms. The smallest absolute Gasteiger partial charge is 0.243 e. The number of hydrogen-bond acceptors (Lipinski definition) is 4. The Morgan fingerprint density at radius 1 is 1.04 bits per heavy atom. The average molecular weight is 391 g/mol. The standard InChI is InChI=1S/C20H26N2O4S/c1-15-5-9-18(10-6-15)22(27(4,24)25)17(3)20(23)21-13-14-26-19-11-7-16(2)8-12-19/h5-12,17H,13-14H2,1-4H3,(H,21,23). The first-order valence-electron chi connectivity index (χ1n) is 8.72. The Bertz CT molecular complexity index is 862. The Kier molecular flexibility index (Phi) is 6.85. The lowest BCUT2D eigenvalue weighted by molar-refractivity contribution is -0.121. The zero-order valence-corrected chi connectivity index (χ0v) is 16.9. The van der Waals surface area contributed by atoms with Gasteiger partial charge < -0.3 is 10.1 Å². The molecule has 0 aliphatic heterocycles. The van der Waals surface area contributed by atoms with Crippen LogP contribution in [0.1, 0.15) is 18.1 Å². The monoisotopic (exact) mass is 390 g/mol. The summed E-state index contributed by atoms with van der Waals surface area (Å²) in [6.45, 7) is 6.05. The molecule has 7 heteroatoms. The van der Waals surface area contributed by atoms with Gasteiger partial charge in [-0.2, -0.15) is 0 Å². The van der Waals surface area contributed by atoms with Gasteiger partial charge in [0.1, 0.15) is 18.4 Å². The molecule has 1 N–H and O–H groups in total. The SMILES string of the molecule is Cc1ccc(OCCNC(=O)C(C)N(c2ccc(C)cc2)S(C)(=O)=O)cc1. The van der Waals surface area contributed by atoms with E-state index < -0.39 is 16.1 Å². The molecular weight excluding hydrogens is 364 g/mol. The minimum Gasteiger partial charge on any atom is -0.492 e. The number of amides is 1. The van der Waals surface area contributed by atoms with E-state index in [0.717, 1.165) is 27.4 Å². The molecule has 2 rings (SSSR count). The second-order valence-electron chi connectivity index (χ2n) is 6.52. The normalized spacial score (nSPS) is 12.3. The number of carbonyl (C=O) groups is 1. The lowest BCUT2D eigenvalue weighted by Crippen LogP contribution is -2.48. The fourth-order valence-corrected chi connectivity index (χ4v) is 3.80. The molecule has 0 saturated heterocycles. The fraction of sp³-hybridized carbons (Fsp3) is 0.350. The zero-order valence-electron chi connectivity index (χ0n) is 16.1. The maximum absolute atomic E-state index is 12.5. The number of hydrogen-bond donors (Lipinski definition) is 1. The quantitative estimate of drug-likeness (QED) is 0.703. The van der Waals surface area contributed by atoms with Crippen LogP contribution in [-0.4, -0.2) is 39.8 Å². The molecule has 0 heterocycles. The molecule has 0 fully saturated rings. The molecule has 0 aliphatic carbocycles. The van der Waals surface area contributed by atoms with Gasteiger partial charge in [-0.3, -0.25) is 9.10 Å². The molecule has 0 aliphatic rings. The van der Waals surface area contributed by atoms with Gasteiger partial charge in [0.2, 0.25) is 15.9 Å². The summed E-state index contributed by atoms with van der Waals surface area (Å²) in [5.74, 6) is 0.342. The minimum atomic E-state index is -3.61. The first-order valence-corrected chi connectivity index (χ1v) is 10.6. The third-order valence-electron chi connectivity index (χ3n) is 4.07. The van der Waals surface area contributed by atoms with E-state index in [1.807, 2.05) is 50.2 Å². The second kappa shape index (κ2) is 8.90. The number of nitrogens with zero attached hydrogens (tertiary/aromatic N) is 1. The minimum absolute atomic E-state index is 0.280. The summed E-state index contributed by atoms with van der Waals surface area (Å²) in [6, 6.07) is 13.8. The highest BCUT2D eigenvalue weighted by atomic mass is 32.2. The molecule has 1 atom stereocenters. The number of sulfonamides is 1. The van der Waals surface area contributed by atoms with Crippen LogP contribution < -0.4 is 14.4 Å². The first kappa shape index (κ1) is 20.8. The number of aryl methyl sites for hydroxylation is 2. The second-order valence-corrected chi connectivity index (χ2v) is 8.38. The van der Waals surface area contributed by atoms with Gasteiger partial charge in [-0.25, -0.2) is 8.42 Å². The number of anilines is 1. The molecule has 0 radical (unpaired) electrons. The number of carbonyl (C=O) groups excluding carboxylic acids is 1. The average Bonchev–Trinajstić information content (AvgIpc) is 2.60. The van der Waals surface area contributed by atoms with Crippen LogP contribution >= 0.6 is 0 Å². The molecule has 27 heavy (non-hydrogen) atoms. The van der Waals surface area contributed by atoms with Crippen molar-refractivity contribution in [3.8, 4) is 5.75 Å². The molecule has 1 unspecified atom stereocenters. The Balaban J connectivity index is 1.96. The van der Waals surface area contributed by atoms with Gasteiger partial charge in [-0.15, -0.1) is 0 Å². The molecule has 146 valence electrons. The molecule has 2 aromatic carbocycles. The first-order chi connectivity index (χ1) is 12.7. The van der Waals surface area contributed by atoms with Gasteiger partial charge >= 0.3 is 0 Å². The van der Waals surface area contributed by atoms with Gasteiger partial charge in [-0.1, -0.05) is 35.4 Å². The van der Waals surface area contributed by atoms with E-state index >= 15 is 0 Å². The van der Waals surface area contributed by atoms with Crippen molar-refractivity contribution in [3.05, 3.63) is 59.7 Å². The van der Waals surface area contributed by atoms with Gasteiger partial charge in [0.05, 0.1) is 18.5 Å². The molecule has 1 amide bonds. The van der Waals surface area contributed by atoms with E-state index in [1.54, 1.807) is 19.1 Å². The predicted octanol–water partition coefficient (Wildman–Crippen LogP) is 2.65. The third kappa shape index (κ3) is 5.99. The molecule has 0 saturated carbocycles. The highest BCUT2D eigenvalue weighted by Gasteiger charge is 2.28. The highest BCUT2D eigenvalue weighted by Crippen LogP contribution is 2.21. The van der Waals surface area contributed by atoms with Crippen molar-refractivity contribution >= 4 is 21.6 Å². The Morgan fingerprint density at radius 2 is 1.56 bits per heavy atom. The Labute approximate surface area is 161 Å².